The molecule has 186 valence electrons. The monoisotopic (exact) mass is 479 g/mol. The molecular weight excluding hydrogens is 446 g/mol. The fraction of sp³-hybridized carbons (Fsp3) is 0.500. The van der Waals surface area contributed by atoms with Crippen molar-refractivity contribution in [3.8, 4) is 28.7 Å². The number of aryl methyl sites for hydroxylation is 2. The van der Waals surface area contributed by atoms with Gasteiger partial charge < -0.3 is 19.1 Å². The highest BCUT2D eigenvalue weighted by molar-refractivity contribution is 5.95. The van der Waals surface area contributed by atoms with E-state index in [-0.39, 0.29) is 12.0 Å². The number of rotatable bonds is 5. The van der Waals surface area contributed by atoms with E-state index in [0.717, 1.165) is 23.4 Å². The molecule has 0 spiro atoms. The molecule has 0 radical (unpaired) electrons. The molecule has 9 nitrogen and oxygen atoms in total. The predicted octanol–water partition coefficient (Wildman–Crippen LogP) is 3.42. The van der Waals surface area contributed by atoms with Crippen LogP contribution >= 0.6 is 0 Å². The minimum atomic E-state index is -0.408. The molecule has 2 aromatic heterocycles. The molecule has 3 aromatic rings. The van der Waals surface area contributed by atoms with Crippen LogP contribution < -0.4 is 9.47 Å². The number of hydrogen-bond acceptors (Lipinski definition) is 6. The maximum atomic E-state index is 13.9. The molecule has 0 aliphatic carbocycles. The zero-order valence-corrected chi connectivity index (χ0v) is 21.3. The third-order valence-electron chi connectivity index (χ3n) is 6.61. The Hall–Kier alpha value is -3.33. The van der Waals surface area contributed by atoms with Crippen molar-refractivity contribution in [1.82, 2.24) is 24.2 Å². The SMILES string of the molecule is COc1cc2c(cc1OC(C)C)-n1c(-c3ccn(C)n3)nc(C(=O)N3CCOCC3(C)C)c1CC2. The second-order valence-electron chi connectivity index (χ2n) is 10.1. The second kappa shape index (κ2) is 8.71. The van der Waals surface area contributed by atoms with Crippen LogP contribution in [-0.2, 0) is 24.6 Å². The van der Waals surface area contributed by atoms with Gasteiger partial charge in [0.1, 0.15) is 5.69 Å². The van der Waals surface area contributed by atoms with E-state index in [2.05, 4.69) is 9.67 Å². The predicted molar refractivity (Wildman–Crippen MR) is 131 cm³/mol. The summed E-state index contributed by atoms with van der Waals surface area (Å²) in [5, 5.41) is 4.61. The number of aromatic nitrogens is 4. The number of benzene rings is 1. The smallest absolute Gasteiger partial charge is 0.274 e. The molecule has 1 aromatic carbocycles. The molecular formula is C26H33N5O4. The number of hydrogen-bond donors (Lipinski definition) is 0. The van der Waals surface area contributed by atoms with E-state index in [1.807, 2.05) is 64.0 Å². The first-order valence-corrected chi connectivity index (χ1v) is 12.1. The Morgan fingerprint density at radius 2 is 2.00 bits per heavy atom. The normalized spacial score (nSPS) is 16.7. The summed E-state index contributed by atoms with van der Waals surface area (Å²) in [7, 11) is 3.53. The van der Waals surface area contributed by atoms with Crippen LogP contribution in [0.4, 0.5) is 0 Å². The van der Waals surface area contributed by atoms with Crippen LogP contribution in [0.25, 0.3) is 17.2 Å². The number of morpholine rings is 1. The summed E-state index contributed by atoms with van der Waals surface area (Å²) in [6.07, 6.45) is 3.33. The quantitative estimate of drug-likeness (QED) is 0.558. The van der Waals surface area contributed by atoms with E-state index >= 15 is 0 Å². The molecule has 0 saturated carbocycles. The number of amides is 1. The summed E-state index contributed by atoms with van der Waals surface area (Å²) in [6, 6.07) is 5.95. The van der Waals surface area contributed by atoms with Crippen molar-refractivity contribution in [3.63, 3.8) is 0 Å². The Bertz CT molecular complexity index is 1270. The maximum absolute atomic E-state index is 13.9. The number of ether oxygens (including phenoxy) is 3. The molecule has 1 saturated heterocycles. The van der Waals surface area contributed by atoms with Crippen molar-refractivity contribution >= 4 is 5.91 Å². The van der Waals surface area contributed by atoms with Crippen LogP contribution in [0, 0.1) is 0 Å². The van der Waals surface area contributed by atoms with Gasteiger partial charge in [0.2, 0.25) is 0 Å². The Balaban J connectivity index is 1.70. The van der Waals surface area contributed by atoms with Crippen molar-refractivity contribution in [2.45, 2.75) is 52.2 Å². The minimum Gasteiger partial charge on any atom is -0.493 e. The number of carbonyl (C=O) groups excluding carboxylic acids is 1. The van der Waals surface area contributed by atoms with Gasteiger partial charge in [-0.3, -0.25) is 14.0 Å². The molecule has 1 amide bonds. The average molecular weight is 480 g/mol. The van der Waals surface area contributed by atoms with Gasteiger partial charge in [-0.2, -0.15) is 5.10 Å². The van der Waals surface area contributed by atoms with E-state index in [4.69, 9.17) is 19.2 Å². The first kappa shape index (κ1) is 23.4. The second-order valence-corrected chi connectivity index (χ2v) is 10.1. The number of fused-ring (bicyclic) bond motifs is 3. The van der Waals surface area contributed by atoms with E-state index in [1.165, 1.54) is 0 Å². The van der Waals surface area contributed by atoms with Crippen LogP contribution in [0.5, 0.6) is 11.5 Å². The summed E-state index contributed by atoms with van der Waals surface area (Å²) in [5.41, 5.74) is 3.74. The highest BCUT2D eigenvalue weighted by Gasteiger charge is 2.38. The van der Waals surface area contributed by atoms with Gasteiger partial charge in [-0.15, -0.1) is 0 Å². The first-order chi connectivity index (χ1) is 16.7. The van der Waals surface area contributed by atoms with Gasteiger partial charge in [-0.25, -0.2) is 4.98 Å². The fourth-order valence-corrected chi connectivity index (χ4v) is 4.94. The molecule has 1 fully saturated rings. The topological polar surface area (TPSA) is 83.6 Å². The van der Waals surface area contributed by atoms with Crippen LogP contribution in [0.3, 0.4) is 0 Å². The number of nitrogens with zero attached hydrogens (tertiary/aromatic N) is 5. The lowest BCUT2D eigenvalue weighted by Gasteiger charge is -2.41. The van der Waals surface area contributed by atoms with Gasteiger partial charge >= 0.3 is 0 Å². The molecule has 4 heterocycles. The Kier molecular flexibility index (Phi) is 5.83. The lowest BCUT2D eigenvalue weighted by atomic mass is 9.98. The van der Waals surface area contributed by atoms with Crippen molar-refractivity contribution in [2.24, 2.45) is 7.05 Å². The fourth-order valence-electron chi connectivity index (χ4n) is 4.94. The Labute approximate surface area is 205 Å². The van der Waals surface area contributed by atoms with E-state index in [9.17, 15) is 4.79 Å². The molecule has 35 heavy (non-hydrogen) atoms. The summed E-state index contributed by atoms with van der Waals surface area (Å²) < 4.78 is 21.2. The van der Waals surface area contributed by atoms with Gasteiger partial charge in [0, 0.05) is 25.9 Å². The van der Waals surface area contributed by atoms with Crippen molar-refractivity contribution in [3.05, 3.63) is 41.3 Å². The van der Waals surface area contributed by atoms with Crippen molar-refractivity contribution in [1.29, 1.82) is 0 Å². The van der Waals surface area contributed by atoms with Crippen LogP contribution in [0.2, 0.25) is 0 Å². The van der Waals surface area contributed by atoms with Crippen LogP contribution in [0.15, 0.2) is 24.4 Å². The van der Waals surface area contributed by atoms with Crippen LogP contribution in [0.1, 0.15) is 49.4 Å². The van der Waals surface area contributed by atoms with E-state index < -0.39 is 5.54 Å². The van der Waals surface area contributed by atoms with Crippen molar-refractivity contribution < 1.29 is 19.0 Å². The molecule has 2 aliphatic rings. The number of imidazole rings is 1. The molecule has 0 N–H and O–H groups in total. The third-order valence-corrected chi connectivity index (χ3v) is 6.61. The molecule has 0 bridgehead atoms. The van der Waals surface area contributed by atoms with E-state index in [0.29, 0.717) is 54.9 Å². The Morgan fingerprint density at radius 3 is 2.66 bits per heavy atom. The van der Waals surface area contributed by atoms with Gasteiger partial charge in [0.05, 0.1) is 43.3 Å². The number of methoxy groups -OCH3 is 1. The first-order valence-electron chi connectivity index (χ1n) is 12.1. The molecule has 9 heteroatoms. The summed E-state index contributed by atoms with van der Waals surface area (Å²) in [5.74, 6) is 1.94. The van der Waals surface area contributed by atoms with E-state index in [1.54, 1.807) is 11.8 Å². The highest BCUT2D eigenvalue weighted by Crippen LogP contribution is 2.40. The van der Waals surface area contributed by atoms with Gasteiger partial charge in [-0.1, -0.05) is 0 Å². The molecule has 5 rings (SSSR count). The number of carbonyl (C=O) groups is 1. The van der Waals surface area contributed by atoms with Gasteiger partial charge in [0.15, 0.2) is 23.0 Å². The van der Waals surface area contributed by atoms with Gasteiger partial charge in [0.25, 0.3) is 5.91 Å². The maximum Gasteiger partial charge on any atom is 0.274 e. The van der Waals surface area contributed by atoms with Gasteiger partial charge in [-0.05, 0) is 58.2 Å². The third kappa shape index (κ3) is 4.07. The summed E-state index contributed by atoms with van der Waals surface area (Å²) >= 11 is 0. The molecule has 0 unspecified atom stereocenters. The zero-order valence-electron chi connectivity index (χ0n) is 21.3. The lowest BCUT2D eigenvalue weighted by molar-refractivity contribution is -0.0373. The zero-order chi connectivity index (χ0) is 24.9. The lowest BCUT2D eigenvalue weighted by Crippen LogP contribution is -2.55. The average Bonchev–Trinajstić information content (AvgIpc) is 3.41. The highest BCUT2D eigenvalue weighted by atomic mass is 16.5. The summed E-state index contributed by atoms with van der Waals surface area (Å²) in [6.45, 7) is 9.60. The van der Waals surface area contributed by atoms with Crippen molar-refractivity contribution in [2.75, 3.05) is 26.9 Å². The minimum absolute atomic E-state index is 0.0104. The standard InChI is InChI=1S/C26H33N5O4/c1-16(2)35-22-14-20-17(13-21(22)33-6)7-8-19-23(25(32)30-11-12-34-15-26(30,3)4)27-24(31(19)20)18-9-10-29(5)28-18/h9-10,13-14,16H,7-8,11-12,15H2,1-6H3. The molecule has 0 atom stereocenters. The van der Waals surface area contributed by atoms with Crippen LogP contribution in [-0.4, -0.2) is 68.6 Å². The Morgan fingerprint density at radius 1 is 1.20 bits per heavy atom. The largest absolute Gasteiger partial charge is 0.493 e. The summed E-state index contributed by atoms with van der Waals surface area (Å²) in [4.78, 5) is 20.7. The molecule has 2 aliphatic heterocycles.